The Morgan fingerprint density at radius 2 is 2.27 bits per heavy atom. The maximum absolute atomic E-state index is 5.29. The second-order valence-electron chi connectivity index (χ2n) is 3.22. The highest BCUT2D eigenvalue weighted by atomic mass is 16.3. The first kappa shape index (κ1) is 9.71. The summed E-state index contributed by atoms with van der Waals surface area (Å²) in [6.45, 7) is 2.11. The second kappa shape index (κ2) is 4.60. The van der Waals surface area contributed by atoms with Crippen molar-refractivity contribution in [3.8, 4) is 0 Å². The van der Waals surface area contributed by atoms with Crippen molar-refractivity contribution in [2.75, 3.05) is 0 Å². The Bertz CT molecular complexity index is 494. The Morgan fingerprint density at radius 1 is 1.33 bits per heavy atom. The lowest BCUT2D eigenvalue weighted by Gasteiger charge is -1.92. The number of allylic oxidation sites excluding steroid dienone is 3. The van der Waals surface area contributed by atoms with Crippen molar-refractivity contribution in [2.45, 2.75) is 13.3 Å². The van der Waals surface area contributed by atoms with Crippen LogP contribution in [0.25, 0.3) is 17.0 Å². The maximum atomic E-state index is 5.29. The summed E-state index contributed by atoms with van der Waals surface area (Å²) >= 11 is 0. The highest BCUT2D eigenvalue weighted by Gasteiger charge is 2.00. The van der Waals surface area contributed by atoms with Crippen molar-refractivity contribution < 1.29 is 4.42 Å². The highest BCUT2D eigenvalue weighted by molar-refractivity contribution is 5.84. The number of hydrogen-bond acceptors (Lipinski definition) is 2. The largest absolute Gasteiger partial charge is 0.464 e. The van der Waals surface area contributed by atoms with Gasteiger partial charge in [-0.25, -0.2) is 0 Å². The van der Waals surface area contributed by atoms with Crippen molar-refractivity contribution >= 4 is 17.0 Å². The van der Waals surface area contributed by atoms with Crippen molar-refractivity contribution in [1.82, 2.24) is 4.98 Å². The van der Waals surface area contributed by atoms with E-state index in [0.29, 0.717) is 0 Å². The van der Waals surface area contributed by atoms with Gasteiger partial charge >= 0.3 is 0 Å². The van der Waals surface area contributed by atoms with Crippen LogP contribution in [0, 0.1) is 0 Å². The van der Waals surface area contributed by atoms with Gasteiger partial charge in [-0.05, 0) is 24.6 Å². The van der Waals surface area contributed by atoms with Crippen LogP contribution in [0.1, 0.15) is 19.0 Å². The summed E-state index contributed by atoms with van der Waals surface area (Å²) in [7, 11) is 0. The summed E-state index contributed by atoms with van der Waals surface area (Å²) in [4.78, 5) is 4.30. The molecule has 0 unspecified atom stereocenters. The van der Waals surface area contributed by atoms with Crippen LogP contribution in [0.4, 0.5) is 0 Å². The molecule has 0 spiro atoms. The summed E-state index contributed by atoms with van der Waals surface area (Å²) in [6, 6.07) is 3.81. The predicted molar refractivity (Wildman–Crippen MR) is 62.5 cm³/mol. The molecule has 0 aliphatic heterocycles. The number of furan rings is 1. The monoisotopic (exact) mass is 199 g/mol. The topological polar surface area (TPSA) is 26.0 Å². The second-order valence-corrected chi connectivity index (χ2v) is 3.22. The zero-order valence-corrected chi connectivity index (χ0v) is 8.68. The SMILES string of the molecule is CCC=CC=Cc1nccc2occc12. The summed E-state index contributed by atoms with van der Waals surface area (Å²) < 4.78 is 5.29. The van der Waals surface area contributed by atoms with Gasteiger partial charge in [0.1, 0.15) is 5.58 Å². The van der Waals surface area contributed by atoms with E-state index in [2.05, 4.69) is 18.0 Å². The molecule has 0 aromatic carbocycles. The van der Waals surface area contributed by atoms with E-state index < -0.39 is 0 Å². The summed E-state index contributed by atoms with van der Waals surface area (Å²) in [6.07, 6.45) is 12.6. The molecule has 0 aliphatic carbocycles. The van der Waals surface area contributed by atoms with Crippen LogP contribution in [-0.4, -0.2) is 4.98 Å². The van der Waals surface area contributed by atoms with Crippen LogP contribution in [0.2, 0.25) is 0 Å². The fraction of sp³-hybridized carbons (Fsp3) is 0.154. The Balaban J connectivity index is 2.31. The number of rotatable bonds is 3. The molecule has 0 N–H and O–H groups in total. The van der Waals surface area contributed by atoms with Crippen molar-refractivity contribution in [3.05, 3.63) is 48.5 Å². The molecular formula is C13H13NO. The molecule has 2 rings (SSSR count). The zero-order valence-electron chi connectivity index (χ0n) is 8.68. The molecule has 2 aromatic rings. The van der Waals surface area contributed by atoms with E-state index in [-0.39, 0.29) is 0 Å². The normalized spacial score (nSPS) is 12.1. The van der Waals surface area contributed by atoms with Gasteiger partial charge in [-0.15, -0.1) is 0 Å². The van der Waals surface area contributed by atoms with Gasteiger partial charge in [0, 0.05) is 11.6 Å². The average molecular weight is 199 g/mol. The number of aromatic nitrogens is 1. The first-order chi connectivity index (χ1) is 7.42. The highest BCUT2D eigenvalue weighted by Crippen LogP contribution is 2.18. The molecule has 0 atom stereocenters. The zero-order chi connectivity index (χ0) is 10.5. The molecule has 0 bridgehead atoms. The van der Waals surface area contributed by atoms with Crippen LogP contribution >= 0.6 is 0 Å². The summed E-state index contributed by atoms with van der Waals surface area (Å²) in [5.41, 5.74) is 1.83. The summed E-state index contributed by atoms with van der Waals surface area (Å²) in [5.74, 6) is 0. The van der Waals surface area contributed by atoms with Gasteiger partial charge in [-0.3, -0.25) is 4.98 Å². The van der Waals surface area contributed by atoms with Gasteiger partial charge in [0.05, 0.1) is 12.0 Å². The van der Waals surface area contributed by atoms with Gasteiger partial charge in [0.2, 0.25) is 0 Å². The number of hydrogen-bond donors (Lipinski definition) is 0. The predicted octanol–water partition coefficient (Wildman–Crippen LogP) is 3.81. The lowest BCUT2D eigenvalue weighted by Crippen LogP contribution is -1.78. The third kappa shape index (κ3) is 2.15. The molecule has 0 radical (unpaired) electrons. The molecule has 0 saturated heterocycles. The molecule has 76 valence electrons. The first-order valence-corrected chi connectivity index (χ1v) is 5.07. The van der Waals surface area contributed by atoms with Crippen LogP contribution < -0.4 is 0 Å². The molecule has 0 fully saturated rings. The molecule has 0 aliphatic rings. The van der Waals surface area contributed by atoms with E-state index in [1.54, 1.807) is 12.5 Å². The molecule has 2 aromatic heterocycles. The maximum Gasteiger partial charge on any atom is 0.137 e. The summed E-state index contributed by atoms with van der Waals surface area (Å²) in [5, 5.41) is 1.05. The Hall–Kier alpha value is -1.83. The lowest BCUT2D eigenvalue weighted by atomic mass is 10.2. The van der Waals surface area contributed by atoms with E-state index in [0.717, 1.165) is 23.1 Å². The Kier molecular flexibility index (Phi) is 2.98. The molecule has 15 heavy (non-hydrogen) atoms. The number of fused-ring (bicyclic) bond motifs is 1. The van der Waals surface area contributed by atoms with Crippen molar-refractivity contribution in [2.24, 2.45) is 0 Å². The van der Waals surface area contributed by atoms with Crippen molar-refractivity contribution in [1.29, 1.82) is 0 Å². The fourth-order valence-corrected chi connectivity index (χ4v) is 1.41. The first-order valence-electron chi connectivity index (χ1n) is 5.07. The molecular weight excluding hydrogens is 186 g/mol. The Morgan fingerprint density at radius 3 is 3.13 bits per heavy atom. The molecule has 0 saturated carbocycles. The molecule has 0 amide bonds. The van der Waals surface area contributed by atoms with Crippen molar-refractivity contribution in [3.63, 3.8) is 0 Å². The average Bonchev–Trinajstić information content (AvgIpc) is 2.73. The number of pyridine rings is 1. The van der Waals surface area contributed by atoms with Gasteiger partial charge in [-0.2, -0.15) is 0 Å². The van der Waals surface area contributed by atoms with Gasteiger partial charge in [0.25, 0.3) is 0 Å². The van der Waals surface area contributed by atoms with E-state index in [1.807, 2.05) is 30.4 Å². The third-order valence-electron chi connectivity index (χ3n) is 2.15. The smallest absolute Gasteiger partial charge is 0.137 e. The van der Waals surface area contributed by atoms with Gasteiger partial charge < -0.3 is 4.42 Å². The fourth-order valence-electron chi connectivity index (χ4n) is 1.41. The van der Waals surface area contributed by atoms with E-state index >= 15 is 0 Å². The molecule has 2 nitrogen and oxygen atoms in total. The third-order valence-corrected chi connectivity index (χ3v) is 2.15. The minimum absolute atomic E-state index is 0.879. The van der Waals surface area contributed by atoms with Crippen LogP contribution in [0.5, 0.6) is 0 Å². The Labute approximate surface area is 88.9 Å². The lowest BCUT2D eigenvalue weighted by molar-refractivity contribution is 0.615. The van der Waals surface area contributed by atoms with Gasteiger partial charge in [-0.1, -0.05) is 25.2 Å². The van der Waals surface area contributed by atoms with Gasteiger partial charge in [0.15, 0.2) is 0 Å². The van der Waals surface area contributed by atoms with Crippen LogP contribution in [0.15, 0.2) is 47.2 Å². The van der Waals surface area contributed by atoms with E-state index in [9.17, 15) is 0 Å². The van der Waals surface area contributed by atoms with Crippen LogP contribution in [-0.2, 0) is 0 Å². The van der Waals surface area contributed by atoms with E-state index in [1.165, 1.54) is 0 Å². The minimum atomic E-state index is 0.879. The standard InChI is InChI=1S/C13H13NO/c1-2-3-4-5-6-12-11-8-10-15-13(11)7-9-14-12/h3-10H,2H2,1H3. The molecule has 2 heterocycles. The van der Waals surface area contributed by atoms with E-state index in [4.69, 9.17) is 4.42 Å². The minimum Gasteiger partial charge on any atom is -0.464 e. The molecule has 2 heteroatoms. The van der Waals surface area contributed by atoms with Crippen LogP contribution in [0.3, 0.4) is 0 Å². The number of nitrogens with zero attached hydrogens (tertiary/aromatic N) is 1. The quantitative estimate of drug-likeness (QED) is 0.702.